The van der Waals surface area contributed by atoms with E-state index in [1.54, 1.807) is 0 Å². The summed E-state index contributed by atoms with van der Waals surface area (Å²) in [5.74, 6) is -0.708. The summed E-state index contributed by atoms with van der Waals surface area (Å²) in [7, 11) is -4.35. The van der Waals surface area contributed by atoms with E-state index in [2.05, 4.69) is 33.4 Å². The van der Waals surface area contributed by atoms with Gasteiger partial charge in [-0.15, -0.1) is 0 Å². The number of unbranched alkanes of at least 4 members (excludes halogenated alkanes) is 10. The van der Waals surface area contributed by atoms with Crippen molar-refractivity contribution in [1.82, 2.24) is 5.32 Å². The van der Waals surface area contributed by atoms with E-state index >= 15 is 0 Å². The van der Waals surface area contributed by atoms with E-state index in [4.69, 9.17) is 4.74 Å². The molecule has 2 atom stereocenters. The van der Waals surface area contributed by atoms with Crippen LogP contribution in [0.3, 0.4) is 0 Å². The Hall–Kier alpha value is -1.25. The molecule has 0 aromatic heterocycles. The number of phosphoric acid groups is 1. The number of allylic oxidation sites excluding steroid dienone is 2. The molecule has 0 spiro atoms. The number of nitrogens with one attached hydrogen (secondary N) is 1. The predicted octanol–water partition coefficient (Wildman–Crippen LogP) is 4.81. The zero-order chi connectivity index (χ0) is 25.5. The second-order valence-corrected chi connectivity index (χ2v) is 9.85. The van der Waals surface area contributed by atoms with Gasteiger partial charge in [0.15, 0.2) is 0 Å². The van der Waals surface area contributed by atoms with Gasteiger partial charge in [0.1, 0.15) is 12.7 Å². The van der Waals surface area contributed by atoms with Crippen molar-refractivity contribution in [3.8, 4) is 0 Å². The van der Waals surface area contributed by atoms with E-state index in [0.29, 0.717) is 0 Å². The Balaban J connectivity index is 3.59. The van der Waals surface area contributed by atoms with Crippen LogP contribution in [0.1, 0.15) is 97.3 Å². The fourth-order valence-electron chi connectivity index (χ4n) is 3.08. The van der Waals surface area contributed by atoms with E-state index in [1.807, 2.05) is 0 Å². The lowest BCUT2D eigenvalue weighted by molar-refractivity contribution is -0.147. The lowest BCUT2D eigenvalue weighted by Crippen LogP contribution is -2.25. The van der Waals surface area contributed by atoms with Crippen LogP contribution in [0.4, 0.5) is 0 Å². The smallest absolute Gasteiger partial charge is 0.463 e. The molecule has 0 heterocycles. The molecule has 0 aromatic carbocycles. The molecule has 1 amide bonds. The maximum absolute atomic E-state index is 11.7. The van der Waals surface area contributed by atoms with Crippen LogP contribution in [0.15, 0.2) is 12.2 Å². The van der Waals surface area contributed by atoms with Crippen molar-refractivity contribution in [2.45, 2.75) is 103 Å². The van der Waals surface area contributed by atoms with Crippen LogP contribution < -0.4 is 5.32 Å². The molecular formula is C24H46NO8P. The zero-order valence-corrected chi connectivity index (χ0v) is 21.9. The van der Waals surface area contributed by atoms with Gasteiger partial charge in [0.2, 0.25) is 5.91 Å². The lowest BCUT2D eigenvalue weighted by Gasteiger charge is -2.15. The number of aliphatic hydroxyl groups excluding tert-OH is 1. The number of carbonyl (C=O) groups is 2. The van der Waals surface area contributed by atoms with Crippen molar-refractivity contribution >= 4 is 19.7 Å². The molecule has 0 fully saturated rings. The highest BCUT2D eigenvalue weighted by Crippen LogP contribution is 2.42. The summed E-state index contributed by atoms with van der Waals surface area (Å²) in [6, 6.07) is 0. The summed E-state index contributed by atoms with van der Waals surface area (Å²) in [6.45, 7) is 2.54. The van der Waals surface area contributed by atoms with Crippen LogP contribution in [-0.2, 0) is 27.9 Å². The number of amides is 1. The number of carbonyl (C=O) groups excluding carboxylic acids is 2. The van der Waals surface area contributed by atoms with Crippen molar-refractivity contribution in [1.29, 1.82) is 0 Å². The first-order chi connectivity index (χ1) is 16.3. The summed E-state index contributed by atoms with van der Waals surface area (Å²) in [6.07, 6.45) is 17.5. The predicted molar refractivity (Wildman–Crippen MR) is 132 cm³/mol. The molecule has 10 heteroatoms. The number of esters is 1. The van der Waals surface area contributed by atoms with Crippen LogP contribution >= 0.6 is 7.82 Å². The average Bonchev–Trinajstić information content (AvgIpc) is 2.79. The Morgan fingerprint density at radius 1 is 0.912 bits per heavy atom. The molecule has 34 heavy (non-hydrogen) atoms. The fraction of sp³-hybridized carbons (Fsp3) is 0.833. The Morgan fingerprint density at radius 2 is 1.50 bits per heavy atom. The topological polar surface area (TPSA) is 131 Å². The Morgan fingerprint density at radius 3 is 2.12 bits per heavy atom. The number of hydrogen-bond acceptors (Lipinski definition) is 7. The van der Waals surface area contributed by atoms with Crippen LogP contribution in [0.25, 0.3) is 0 Å². The van der Waals surface area contributed by atoms with Crippen LogP contribution in [0.5, 0.6) is 0 Å². The fourth-order valence-corrected chi connectivity index (χ4v) is 3.84. The largest absolute Gasteiger partial charge is 0.472 e. The molecule has 3 N–H and O–H groups in total. The zero-order valence-electron chi connectivity index (χ0n) is 21.0. The number of phosphoric ester groups is 1. The van der Waals surface area contributed by atoms with Gasteiger partial charge in [-0.3, -0.25) is 18.6 Å². The SMILES string of the molecule is CCCCCCC/C=C\CCCCCCCC(=O)OCC(O)COP(=O)(O)OCCNC(C)=O. The highest BCUT2D eigenvalue weighted by atomic mass is 31.2. The van der Waals surface area contributed by atoms with Gasteiger partial charge in [-0.1, -0.05) is 64.0 Å². The molecule has 0 aliphatic rings. The first-order valence-electron chi connectivity index (χ1n) is 12.6. The van der Waals surface area contributed by atoms with E-state index < -0.39 is 26.5 Å². The molecule has 0 saturated heterocycles. The third-order valence-electron chi connectivity index (χ3n) is 4.99. The lowest BCUT2D eigenvalue weighted by atomic mass is 10.1. The molecule has 0 rings (SSSR count). The molecular weight excluding hydrogens is 461 g/mol. The van der Waals surface area contributed by atoms with Crippen molar-refractivity contribution in [3.63, 3.8) is 0 Å². The third-order valence-corrected chi connectivity index (χ3v) is 5.97. The van der Waals surface area contributed by atoms with E-state index in [9.17, 15) is 24.2 Å². The number of ether oxygens (including phenoxy) is 1. The number of aliphatic hydroxyl groups is 1. The standard InChI is InChI=1S/C24H46NO8P/c1-3-4-5-6-7-8-9-10-11-12-13-14-15-16-17-24(28)31-20-23(27)21-33-34(29,30)32-19-18-25-22(2)26/h9-10,23,27H,3-8,11-21H2,1-2H3,(H,25,26)(H,29,30)/b10-9-. The van der Waals surface area contributed by atoms with Crippen molar-refractivity contribution in [2.75, 3.05) is 26.4 Å². The maximum Gasteiger partial charge on any atom is 0.472 e. The molecule has 200 valence electrons. The van der Waals surface area contributed by atoms with Gasteiger partial charge < -0.3 is 20.1 Å². The van der Waals surface area contributed by atoms with Crippen LogP contribution in [0, 0.1) is 0 Å². The highest BCUT2D eigenvalue weighted by molar-refractivity contribution is 7.47. The summed E-state index contributed by atoms with van der Waals surface area (Å²) < 4.78 is 25.9. The highest BCUT2D eigenvalue weighted by Gasteiger charge is 2.23. The molecule has 9 nitrogen and oxygen atoms in total. The van der Waals surface area contributed by atoms with Gasteiger partial charge in [-0.25, -0.2) is 4.57 Å². The normalized spacial score (nSPS) is 14.1. The van der Waals surface area contributed by atoms with E-state index in [-0.39, 0.29) is 32.1 Å². The molecule has 0 radical (unpaired) electrons. The summed E-state index contributed by atoms with van der Waals surface area (Å²) in [4.78, 5) is 31.9. The summed E-state index contributed by atoms with van der Waals surface area (Å²) >= 11 is 0. The summed E-state index contributed by atoms with van der Waals surface area (Å²) in [5.41, 5.74) is 0. The minimum atomic E-state index is -4.35. The molecule has 0 bridgehead atoms. The molecule has 0 saturated carbocycles. The second kappa shape index (κ2) is 22.2. The molecule has 2 unspecified atom stereocenters. The summed E-state index contributed by atoms with van der Waals surface area (Å²) in [5, 5.41) is 12.1. The monoisotopic (exact) mass is 507 g/mol. The van der Waals surface area contributed by atoms with Gasteiger partial charge in [0.25, 0.3) is 0 Å². The van der Waals surface area contributed by atoms with Crippen molar-refractivity contribution in [2.24, 2.45) is 0 Å². The van der Waals surface area contributed by atoms with Crippen LogP contribution in [-0.4, -0.2) is 54.3 Å². The number of rotatable bonds is 23. The average molecular weight is 508 g/mol. The maximum atomic E-state index is 11.7. The quantitative estimate of drug-likeness (QED) is 0.0777. The van der Waals surface area contributed by atoms with Gasteiger partial charge in [-0.05, 0) is 32.1 Å². The minimum Gasteiger partial charge on any atom is -0.463 e. The number of hydrogen-bond donors (Lipinski definition) is 3. The molecule has 0 aliphatic carbocycles. The van der Waals surface area contributed by atoms with Crippen molar-refractivity contribution in [3.05, 3.63) is 12.2 Å². The Labute approximate surface area is 205 Å². The van der Waals surface area contributed by atoms with Gasteiger partial charge in [-0.2, -0.15) is 0 Å². The van der Waals surface area contributed by atoms with Crippen molar-refractivity contribution < 1.29 is 37.9 Å². The van der Waals surface area contributed by atoms with E-state index in [1.165, 1.54) is 45.4 Å². The first kappa shape index (κ1) is 32.8. The minimum absolute atomic E-state index is 0.0553. The Bertz CT molecular complexity index is 600. The Kier molecular flexibility index (Phi) is 21.4. The van der Waals surface area contributed by atoms with E-state index in [0.717, 1.165) is 38.5 Å². The molecule has 0 aromatic rings. The van der Waals surface area contributed by atoms with Crippen LogP contribution in [0.2, 0.25) is 0 Å². The second-order valence-electron chi connectivity index (χ2n) is 8.40. The van der Waals surface area contributed by atoms with Gasteiger partial charge >= 0.3 is 13.8 Å². The first-order valence-corrected chi connectivity index (χ1v) is 14.1. The van der Waals surface area contributed by atoms with Gasteiger partial charge in [0, 0.05) is 19.9 Å². The van der Waals surface area contributed by atoms with Gasteiger partial charge in [0.05, 0.1) is 13.2 Å². The third kappa shape index (κ3) is 23.9. The molecule has 0 aliphatic heterocycles.